The van der Waals surface area contributed by atoms with Crippen molar-refractivity contribution in [3.8, 4) is 11.4 Å². The SMILES string of the molecule is CCOc1ccc(-n2cccc2[C@@H]2[C@@H](c3ccccn3)NC(=S)N2C2CCCCC2)cc1. The quantitative estimate of drug-likeness (QED) is 0.501. The molecule has 0 spiro atoms. The molecule has 3 aromatic rings. The topological polar surface area (TPSA) is 42.3 Å². The van der Waals surface area contributed by atoms with Crippen LogP contribution in [0.4, 0.5) is 0 Å². The van der Waals surface area contributed by atoms with E-state index in [2.05, 4.69) is 57.4 Å². The normalized spacial score (nSPS) is 21.5. The van der Waals surface area contributed by atoms with Gasteiger partial charge in [0.1, 0.15) is 5.75 Å². The second kappa shape index (κ2) is 9.33. The minimum atomic E-state index is 0.0157. The number of hydrogen-bond donors (Lipinski definition) is 1. The second-order valence-electron chi connectivity index (χ2n) is 8.56. The Morgan fingerprint density at radius 2 is 1.84 bits per heavy atom. The van der Waals surface area contributed by atoms with Crippen LogP contribution in [0, 0.1) is 0 Å². The number of ether oxygens (including phenoxy) is 1. The fourth-order valence-corrected chi connectivity index (χ4v) is 5.56. The number of pyridine rings is 1. The summed E-state index contributed by atoms with van der Waals surface area (Å²) in [6.45, 7) is 2.67. The van der Waals surface area contributed by atoms with Crippen LogP contribution >= 0.6 is 12.2 Å². The van der Waals surface area contributed by atoms with E-state index in [-0.39, 0.29) is 12.1 Å². The molecule has 6 heteroatoms. The van der Waals surface area contributed by atoms with Crippen LogP contribution in [0.3, 0.4) is 0 Å². The van der Waals surface area contributed by atoms with Crippen LogP contribution in [0.25, 0.3) is 5.69 Å². The third kappa shape index (κ3) is 3.99. The van der Waals surface area contributed by atoms with E-state index in [9.17, 15) is 0 Å². The summed E-state index contributed by atoms with van der Waals surface area (Å²) < 4.78 is 7.92. The van der Waals surface area contributed by atoms with Crippen LogP contribution in [-0.4, -0.2) is 32.2 Å². The van der Waals surface area contributed by atoms with Gasteiger partial charge in [0, 0.05) is 29.8 Å². The number of hydrogen-bond acceptors (Lipinski definition) is 3. The maximum absolute atomic E-state index is 5.92. The Kier molecular flexibility index (Phi) is 6.12. The van der Waals surface area contributed by atoms with Gasteiger partial charge in [-0.1, -0.05) is 25.3 Å². The summed E-state index contributed by atoms with van der Waals surface area (Å²) in [4.78, 5) is 7.16. The van der Waals surface area contributed by atoms with Crippen molar-refractivity contribution >= 4 is 17.3 Å². The summed E-state index contributed by atoms with van der Waals surface area (Å²) in [7, 11) is 0. The Morgan fingerprint density at radius 3 is 2.56 bits per heavy atom. The molecule has 5 nitrogen and oxygen atoms in total. The number of aromatic nitrogens is 2. The van der Waals surface area contributed by atoms with Gasteiger partial charge in [-0.05, 0) is 80.5 Å². The molecule has 2 aliphatic rings. The highest BCUT2D eigenvalue weighted by Crippen LogP contribution is 2.43. The summed E-state index contributed by atoms with van der Waals surface area (Å²) in [5.41, 5.74) is 3.37. The number of nitrogens with one attached hydrogen (secondary N) is 1. The first-order valence-electron chi connectivity index (χ1n) is 11.7. The fourth-order valence-electron chi connectivity index (χ4n) is 5.17. The molecule has 0 bridgehead atoms. The summed E-state index contributed by atoms with van der Waals surface area (Å²) in [5.74, 6) is 0.892. The van der Waals surface area contributed by atoms with Crippen LogP contribution in [0.5, 0.6) is 5.75 Å². The Labute approximate surface area is 195 Å². The van der Waals surface area contributed by atoms with Crippen molar-refractivity contribution in [1.29, 1.82) is 0 Å². The lowest BCUT2D eigenvalue weighted by atomic mass is 9.92. The summed E-state index contributed by atoms with van der Waals surface area (Å²) in [6, 6.07) is 19.4. The highest BCUT2D eigenvalue weighted by Gasteiger charge is 2.44. The zero-order valence-electron chi connectivity index (χ0n) is 18.5. The van der Waals surface area contributed by atoms with Gasteiger partial charge in [0.05, 0.1) is 24.4 Å². The zero-order chi connectivity index (χ0) is 21.9. The van der Waals surface area contributed by atoms with Crippen molar-refractivity contribution in [1.82, 2.24) is 19.8 Å². The molecule has 1 N–H and O–H groups in total. The molecular weight excluding hydrogens is 416 g/mol. The van der Waals surface area contributed by atoms with Gasteiger partial charge in [-0.15, -0.1) is 0 Å². The predicted molar refractivity (Wildman–Crippen MR) is 131 cm³/mol. The third-order valence-corrected chi connectivity index (χ3v) is 6.94. The van der Waals surface area contributed by atoms with Crippen molar-refractivity contribution in [3.05, 3.63) is 78.4 Å². The molecule has 1 aliphatic heterocycles. The van der Waals surface area contributed by atoms with Crippen LogP contribution in [0.2, 0.25) is 0 Å². The Balaban J connectivity index is 1.56. The van der Waals surface area contributed by atoms with Crippen molar-refractivity contribution in [2.24, 2.45) is 0 Å². The molecule has 2 aromatic heterocycles. The van der Waals surface area contributed by atoms with Gasteiger partial charge in [-0.25, -0.2) is 0 Å². The fraction of sp³-hybridized carbons (Fsp3) is 0.385. The van der Waals surface area contributed by atoms with Crippen molar-refractivity contribution < 1.29 is 4.74 Å². The number of benzene rings is 1. The molecule has 1 aliphatic carbocycles. The maximum Gasteiger partial charge on any atom is 0.170 e. The molecule has 32 heavy (non-hydrogen) atoms. The largest absolute Gasteiger partial charge is 0.494 e. The third-order valence-electron chi connectivity index (χ3n) is 6.61. The number of thiocarbonyl (C=S) groups is 1. The van der Waals surface area contributed by atoms with Crippen LogP contribution in [0.15, 0.2) is 67.0 Å². The molecule has 0 radical (unpaired) electrons. The zero-order valence-corrected chi connectivity index (χ0v) is 19.3. The lowest BCUT2D eigenvalue weighted by molar-refractivity contribution is 0.193. The van der Waals surface area contributed by atoms with E-state index < -0.39 is 0 Å². The molecule has 1 saturated heterocycles. The van der Waals surface area contributed by atoms with Gasteiger partial charge < -0.3 is 19.5 Å². The van der Waals surface area contributed by atoms with Crippen molar-refractivity contribution in [2.45, 2.75) is 57.2 Å². The van der Waals surface area contributed by atoms with E-state index in [1.165, 1.54) is 37.8 Å². The minimum Gasteiger partial charge on any atom is -0.494 e. The van der Waals surface area contributed by atoms with E-state index in [0.29, 0.717) is 12.6 Å². The highest BCUT2D eigenvalue weighted by atomic mass is 32.1. The monoisotopic (exact) mass is 446 g/mol. The average Bonchev–Trinajstić information content (AvgIpc) is 3.45. The average molecular weight is 447 g/mol. The lowest BCUT2D eigenvalue weighted by Crippen LogP contribution is -2.40. The number of rotatable bonds is 6. The van der Waals surface area contributed by atoms with Gasteiger partial charge in [0.15, 0.2) is 5.11 Å². The van der Waals surface area contributed by atoms with E-state index in [1.54, 1.807) is 0 Å². The van der Waals surface area contributed by atoms with Gasteiger partial charge >= 0.3 is 0 Å². The van der Waals surface area contributed by atoms with Gasteiger partial charge in [0.25, 0.3) is 0 Å². The van der Waals surface area contributed by atoms with Crippen molar-refractivity contribution in [2.75, 3.05) is 6.61 Å². The lowest BCUT2D eigenvalue weighted by Gasteiger charge is -2.37. The van der Waals surface area contributed by atoms with Crippen LogP contribution in [-0.2, 0) is 0 Å². The minimum absolute atomic E-state index is 0.0157. The standard InChI is InChI=1S/C26H30N4OS/c1-2-31-21-15-13-19(14-16-21)29-18-8-12-23(29)25-24(22-11-6-7-17-27-22)28-26(32)30(25)20-9-4-3-5-10-20/h6-8,11-18,20,24-25H,2-5,9-10H2,1H3,(H,28,32)/t24-,25-/m1/s1. The molecule has 1 saturated carbocycles. The molecule has 0 amide bonds. The van der Waals surface area contributed by atoms with Crippen molar-refractivity contribution in [3.63, 3.8) is 0 Å². The highest BCUT2D eigenvalue weighted by molar-refractivity contribution is 7.80. The molecule has 5 rings (SSSR count). The maximum atomic E-state index is 5.92. The second-order valence-corrected chi connectivity index (χ2v) is 8.94. The molecule has 2 atom stereocenters. The molecule has 166 valence electrons. The van der Waals surface area contributed by atoms with Gasteiger partial charge in [0.2, 0.25) is 0 Å². The summed E-state index contributed by atoms with van der Waals surface area (Å²) in [5, 5.41) is 4.47. The van der Waals surface area contributed by atoms with Crippen LogP contribution in [0.1, 0.15) is 62.5 Å². The summed E-state index contributed by atoms with van der Waals surface area (Å²) in [6.07, 6.45) is 10.2. The summed E-state index contributed by atoms with van der Waals surface area (Å²) >= 11 is 5.92. The molecule has 0 unspecified atom stereocenters. The Hall–Kier alpha value is -2.86. The first-order chi connectivity index (χ1) is 15.8. The van der Waals surface area contributed by atoms with E-state index >= 15 is 0 Å². The molecular formula is C26H30N4OS. The molecule has 2 fully saturated rings. The van der Waals surface area contributed by atoms with Gasteiger partial charge in [-0.3, -0.25) is 4.98 Å². The Morgan fingerprint density at radius 1 is 1.03 bits per heavy atom. The predicted octanol–water partition coefficient (Wildman–Crippen LogP) is 5.58. The molecule has 1 aromatic carbocycles. The first kappa shape index (κ1) is 21.0. The molecule has 3 heterocycles. The van der Waals surface area contributed by atoms with E-state index in [1.807, 2.05) is 31.3 Å². The van der Waals surface area contributed by atoms with E-state index in [0.717, 1.165) is 22.2 Å². The number of nitrogens with zero attached hydrogens (tertiary/aromatic N) is 3. The van der Waals surface area contributed by atoms with E-state index in [4.69, 9.17) is 21.9 Å². The van der Waals surface area contributed by atoms with Crippen LogP contribution < -0.4 is 10.1 Å². The van der Waals surface area contributed by atoms with Gasteiger partial charge in [-0.2, -0.15) is 0 Å². The first-order valence-corrected chi connectivity index (χ1v) is 12.1. The smallest absolute Gasteiger partial charge is 0.170 e. The Bertz CT molecular complexity index is 1040.